The standard InChI is InChI=1S/C15H18N2/c16-10-17-14-9-3-8-13(11-4-1-5-11)15(14)12-6-2-7-12/h3,8-9,11-12,16H,1-2,4-7H2. The first-order valence-corrected chi connectivity index (χ1v) is 6.65. The molecule has 2 aliphatic carbocycles. The molecule has 2 saturated carbocycles. The molecule has 0 amide bonds. The van der Waals surface area contributed by atoms with E-state index in [1.807, 2.05) is 6.07 Å². The van der Waals surface area contributed by atoms with Gasteiger partial charge in [0.05, 0.1) is 11.7 Å². The molecule has 2 heteroatoms. The molecular formula is C15H18N2. The molecule has 1 N–H and O–H groups in total. The molecule has 0 bridgehead atoms. The van der Waals surface area contributed by atoms with Gasteiger partial charge in [-0.2, -0.15) is 4.99 Å². The van der Waals surface area contributed by atoms with Gasteiger partial charge in [-0.05, 0) is 54.7 Å². The van der Waals surface area contributed by atoms with Crippen LogP contribution in [0, 0.1) is 5.41 Å². The molecule has 3 rings (SSSR count). The van der Waals surface area contributed by atoms with E-state index in [9.17, 15) is 0 Å². The zero-order valence-electron chi connectivity index (χ0n) is 10.1. The van der Waals surface area contributed by atoms with Crippen LogP contribution in [0.3, 0.4) is 0 Å². The minimum absolute atomic E-state index is 0.693. The van der Waals surface area contributed by atoms with Gasteiger partial charge in [0.2, 0.25) is 0 Å². The lowest BCUT2D eigenvalue weighted by molar-refractivity contribution is 0.389. The van der Waals surface area contributed by atoms with Crippen LogP contribution in [0.5, 0.6) is 0 Å². The molecule has 0 heterocycles. The molecule has 0 aromatic heterocycles. The first-order valence-electron chi connectivity index (χ1n) is 6.65. The van der Waals surface area contributed by atoms with Gasteiger partial charge in [-0.15, -0.1) is 0 Å². The van der Waals surface area contributed by atoms with Crippen LogP contribution in [0.2, 0.25) is 0 Å². The molecule has 0 unspecified atom stereocenters. The number of aliphatic imine (C=N–C) groups is 1. The normalized spacial score (nSPS) is 20.2. The Labute approximate surface area is 102 Å². The highest BCUT2D eigenvalue weighted by Crippen LogP contribution is 2.48. The van der Waals surface area contributed by atoms with E-state index in [0.717, 1.165) is 11.6 Å². The number of nitrogens with one attached hydrogen (secondary N) is 1. The van der Waals surface area contributed by atoms with Crippen molar-refractivity contribution in [1.29, 1.82) is 5.41 Å². The zero-order chi connectivity index (χ0) is 11.7. The van der Waals surface area contributed by atoms with Gasteiger partial charge in [0.25, 0.3) is 0 Å². The number of nitrogens with zero attached hydrogens (tertiary/aromatic N) is 1. The van der Waals surface area contributed by atoms with E-state index in [0.29, 0.717) is 5.92 Å². The van der Waals surface area contributed by atoms with Gasteiger partial charge in [-0.1, -0.05) is 25.0 Å². The highest BCUT2D eigenvalue weighted by molar-refractivity contribution is 5.59. The Hall–Kier alpha value is -1.40. The Balaban J connectivity index is 2.05. The molecule has 1 aromatic carbocycles. The van der Waals surface area contributed by atoms with E-state index in [1.54, 1.807) is 0 Å². The molecule has 0 spiro atoms. The Kier molecular flexibility index (Phi) is 2.82. The minimum atomic E-state index is 0.693. The molecular weight excluding hydrogens is 208 g/mol. The minimum Gasteiger partial charge on any atom is -0.241 e. The van der Waals surface area contributed by atoms with E-state index in [-0.39, 0.29) is 0 Å². The van der Waals surface area contributed by atoms with Crippen LogP contribution in [0.15, 0.2) is 23.2 Å². The lowest BCUT2D eigenvalue weighted by Gasteiger charge is -2.34. The summed E-state index contributed by atoms with van der Waals surface area (Å²) in [7, 11) is 0. The smallest absolute Gasteiger partial charge is 0.0918 e. The van der Waals surface area contributed by atoms with E-state index in [1.165, 1.54) is 49.7 Å². The molecule has 17 heavy (non-hydrogen) atoms. The monoisotopic (exact) mass is 226 g/mol. The van der Waals surface area contributed by atoms with Crippen LogP contribution >= 0.6 is 0 Å². The topological polar surface area (TPSA) is 36.2 Å². The van der Waals surface area contributed by atoms with Crippen LogP contribution in [-0.4, -0.2) is 6.01 Å². The molecule has 1 aromatic rings. The third-order valence-electron chi connectivity index (χ3n) is 4.35. The van der Waals surface area contributed by atoms with Crippen LogP contribution in [0.4, 0.5) is 5.69 Å². The van der Waals surface area contributed by atoms with Gasteiger partial charge < -0.3 is 0 Å². The Morgan fingerprint density at radius 1 is 1.06 bits per heavy atom. The van der Waals surface area contributed by atoms with Crippen molar-refractivity contribution in [3.63, 3.8) is 0 Å². The van der Waals surface area contributed by atoms with Crippen LogP contribution in [0.25, 0.3) is 0 Å². The van der Waals surface area contributed by atoms with Gasteiger partial charge >= 0.3 is 0 Å². The number of hydrogen-bond acceptors (Lipinski definition) is 2. The maximum absolute atomic E-state index is 7.07. The van der Waals surface area contributed by atoms with Crippen LogP contribution in [0.1, 0.15) is 61.5 Å². The molecule has 2 nitrogen and oxygen atoms in total. The van der Waals surface area contributed by atoms with Crippen molar-refractivity contribution in [3.8, 4) is 0 Å². The van der Waals surface area contributed by atoms with Crippen molar-refractivity contribution < 1.29 is 0 Å². The molecule has 0 saturated heterocycles. The molecule has 0 atom stereocenters. The van der Waals surface area contributed by atoms with Gasteiger partial charge in [0, 0.05) is 0 Å². The highest BCUT2D eigenvalue weighted by atomic mass is 14.7. The third-order valence-corrected chi connectivity index (χ3v) is 4.35. The lowest BCUT2D eigenvalue weighted by Crippen LogP contribution is -2.16. The van der Waals surface area contributed by atoms with Crippen molar-refractivity contribution in [2.75, 3.05) is 0 Å². The second-order valence-electron chi connectivity index (χ2n) is 5.26. The molecule has 0 radical (unpaired) electrons. The second-order valence-corrected chi connectivity index (χ2v) is 5.26. The second kappa shape index (κ2) is 4.46. The average Bonchev–Trinajstić information content (AvgIpc) is 2.17. The van der Waals surface area contributed by atoms with E-state index < -0.39 is 0 Å². The van der Waals surface area contributed by atoms with E-state index in [2.05, 4.69) is 23.1 Å². The molecule has 0 aliphatic heterocycles. The Morgan fingerprint density at radius 3 is 2.29 bits per heavy atom. The summed E-state index contributed by atoms with van der Waals surface area (Å²) in [6.07, 6.45) is 7.97. The predicted octanol–water partition coefficient (Wildman–Crippen LogP) is 4.61. The molecule has 2 fully saturated rings. The highest BCUT2D eigenvalue weighted by Gasteiger charge is 2.29. The van der Waals surface area contributed by atoms with Gasteiger partial charge in [0.1, 0.15) is 0 Å². The summed E-state index contributed by atoms with van der Waals surface area (Å²) in [6.45, 7) is 0. The first kappa shape index (κ1) is 10.7. The fourth-order valence-corrected chi connectivity index (χ4v) is 2.95. The Morgan fingerprint density at radius 2 is 1.76 bits per heavy atom. The lowest BCUT2D eigenvalue weighted by atomic mass is 9.71. The van der Waals surface area contributed by atoms with Crippen molar-refractivity contribution in [2.24, 2.45) is 4.99 Å². The van der Waals surface area contributed by atoms with E-state index in [4.69, 9.17) is 5.41 Å². The SMILES string of the molecule is N=C=Nc1cccc(C2CCC2)c1C1CCC1. The maximum atomic E-state index is 7.07. The number of rotatable bonds is 3. The van der Waals surface area contributed by atoms with Crippen LogP contribution in [-0.2, 0) is 0 Å². The fourth-order valence-electron chi connectivity index (χ4n) is 2.95. The summed E-state index contributed by atoms with van der Waals surface area (Å²) in [6, 6.07) is 8.61. The molecule has 2 aliphatic rings. The summed E-state index contributed by atoms with van der Waals surface area (Å²) in [4.78, 5) is 4.13. The fraction of sp³-hybridized carbons (Fsp3) is 0.533. The van der Waals surface area contributed by atoms with Gasteiger partial charge in [-0.3, -0.25) is 0 Å². The summed E-state index contributed by atoms with van der Waals surface area (Å²) < 4.78 is 0. The van der Waals surface area contributed by atoms with Crippen LogP contribution < -0.4 is 0 Å². The predicted molar refractivity (Wildman–Crippen MR) is 69.4 cm³/mol. The number of hydrogen-bond donors (Lipinski definition) is 1. The summed E-state index contributed by atoms with van der Waals surface area (Å²) >= 11 is 0. The quantitative estimate of drug-likeness (QED) is 0.731. The first-order chi connectivity index (χ1) is 8.40. The number of benzene rings is 1. The van der Waals surface area contributed by atoms with Gasteiger partial charge in [-0.25, -0.2) is 5.41 Å². The average molecular weight is 226 g/mol. The summed E-state index contributed by atoms with van der Waals surface area (Å²) in [5, 5.41) is 7.07. The molecule has 88 valence electrons. The third kappa shape index (κ3) is 1.83. The largest absolute Gasteiger partial charge is 0.241 e. The van der Waals surface area contributed by atoms with Crippen molar-refractivity contribution >= 4 is 11.7 Å². The van der Waals surface area contributed by atoms with Crippen molar-refractivity contribution in [3.05, 3.63) is 29.3 Å². The van der Waals surface area contributed by atoms with E-state index >= 15 is 0 Å². The zero-order valence-corrected chi connectivity index (χ0v) is 10.1. The van der Waals surface area contributed by atoms with Crippen molar-refractivity contribution in [1.82, 2.24) is 0 Å². The summed E-state index contributed by atoms with van der Waals surface area (Å²) in [5.41, 5.74) is 3.94. The summed E-state index contributed by atoms with van der Waals surface area (Å²) in [5.74, 6) is 1.45. The van der Waals surface area contributed by atoms with Gasteiger partial charge in [0.15, 0.2) is 0 Å². The Bertz CT molecular complexity index is 464. The maximum Gasteiger partial charge on any atom is 0.0918 e. The van der Waals surface area contributed by atoms with Crippen molar-refractivity contribution in [2.45, 2.75) is 50.4 Å².